The van der Waals surface area contributed by atoms with Crippen LogP contribution in [-0.4, -0.2) is 24.2 Å². The molecule has 0 heterocycles. The van der Waals surface area contributed by atoms with E-state index in [1.54, 1.807) is 0 Å². The number of carbonyl (C=O) groups is 1. The Labute approximate surface area is 109 Å². The maximum absolute atomic E-state index is 10.6. The van der Waals surface area contributed by atoms with Gasteiger partial charge in [0.05, 0.1) is 0 Å². The third-order valence-electron chi connectivity index (χ3n) is 3.15. The Morgan fingerprint density at radius 3 is 2.22 bits per heavy atom. The Balaban J connectivity index is 2.85. The molecule has 1 rings (SSSR count). The average molecular weight is 249 g/mol. The summed E-state index contributed by atoms with van der Waals surface area (Å²) in [7, 11) is 0. The molecule has 0 aliphatic heterocycles. The van der Waals surface area contributed by atoms with E-state index in [4.69, 9.17) is 5.11 Å². The topological polar surface area (TPSA) is 40.5 Å². The Hall–Kier alpha value is -1.51. The van der Waals surface area contributed by atoms with Crippen molar-refractivity contribution in [2.24, 2.45) is 0 Å². The molecule has 0 aliphatic carbocycles. The first-order valence-electron chi connectivity index (χ1n) is 6.50. The van der Waals surface area contributed by atoms with Gasteiger partial charge in [-0.15, -0.1) is 0 Å². The molecule has 0 saturated heterocycles. The highest BCUT2D eigenvalue weighted by atomic mass is 16.4. The molecule has 0 bridgehead atoms. The van der Waals surface area contributed by atoms with Crippen molar-refractivity contribution in [3.8, 4) is 0 Å². The second kappa shape index (κ2) is 6.43. The lowest BCUT2D eigenvalue weighted by atomic mass is 10.0. The fraction of sp³-hybridized carbons (Fsp3) is 0.533. The van der Waals surface area contributed by atoms with E-state index in [2.05, 4.69) is 44.7 Å². The monoisotopic (exact) mass is 249 g/mol. The van der Waals surface area contributed by atoms with Gasteiger partial charge in [-0.25, -0.2) is 0 Å². The van der Waals surface area contributed by atoms with Gasteiger partial charge in [0.1, 0.15) is 0 Å². The molecule has 0 unspecified atom stereocenters. The zero-order chi connectivity index (χ0) is 13.7. The zero-order valence-corrected chi connectivity index (χ0v) is 11.8. The lowest BCUT2D eigenvalue weighted by Gasteiger charge is -2.27. The van der Waals surface area contributed by atoms with E-state index in [9.17, 15) is 4.79 Å². The number of aryl methyl sites for hydroxylation is 3. The van der Waals surface area contributed by atoms with Crippen LogP contribution >= 0.6 is 0 Å². The largest absolute Gasteiger partial charge is 0.481 e. The Morgan fingerprint density at radius 1 is 1.22 bits per heavy atom. The Bertz CT molecular complexity index is 403. The number of hydrogen-bond acceptors (Lipinski definition) is 2. The predicted octanol–water partition coefficient (Wildman–Crippen LogP) is 3.30. The summed E-state index contributed by atoms with van der Waals surface area (Å²) in [5, 5.41) is 8.70. The van der Waals surface area contributed by atoms with Crippen molar-refractivity contribution in [3.05, 3.63) is 28.8 Å². The van der Waals surface area contributed by atoms with Gasteiger partial charge in [0.15, 0.2) is 0 Å². The fourth-order valence-corrected chi connectivity index (χ4v) is 2.52. The first-order chi connectivity index (χ1) is 8.45. The highest BCUT2D eigenvalue weighted by Crippen LogP contribution is 2.26. The van der Waals surface area contributed by atoms with Crippen molar-refractivity contribution in [1.29, 1.82) is 0 Å². The minimum absolute atomic E-state index is 0.237. The first-order valence-corrected chi connectivity index (χ1v) is 6.50. The van der Waals surface area contributed by atoms with Crippen LogP contribution in [0.4, 0.5) is 5.69 Å². The molecule has 0 aliphatic rings. The Morgan fingerprint density at radius 2 is 1.78 bits per heavy atom. The lowest BCUT2D eigenvalue weighted by molar-refractivity contribution is -0.137. The molecule has 0 saturated carbocycles. The van der Waals surface area contributed by atoms with Crippen molar-refractivity contribution >= 4 is 11.7 Å². The van der Waals surface area contributed by atoms with Gasteiger partial charge in [0, 0.05) is 25.2 Å². The number of hydrogen-bond donors (Lipinski definition) is 1. The minimum atomic E-state index is -0.719. The molecule has 100 valence electrons. The third-order valence-corrected chi connectivity index (χ3v) is 3.15. The maximum Gasteiger partial charge on any atom is 0.303 e. The Kier molecular flexibility index (Phi) is 5.20. The lowest BCUT2D eigenvalue weighted by Crippen LogP contribution is -2.26. The van der Waals surface area contributed by atoms with Crippen LogP contribution < -0.4 is 4.90 Å². The van der Waals surface area contributed by atoms with Crippen molar-refractivity contribution in [1.82, 2.24) is 0 Å². The van der Waals surface area contributed by atoms with E-state index in [1.165, 1.54) is 22.4 Å². The summed E-state index contributed by atoms with van der Waals surface area (Å²) in [6, 6.07) is 4.37. The second-order valence-corrected chi connectivity index (χ2v) is 4.82. The SMILES string of the molecule is CCN(CCCC(=O)O)c1c(C)cc(C)cc1C. The summed E-state index contributed by atoms with van der Waals surface area (Å²) in [6.45, 7) is 10.2. The standard InChI is InChI=1S/C15H23NO2/c1-5-16(8-6-7-14(17)18)15-12(3)9-11(2)10-13(15)4/h9-10H,5-8H2,1-4H3,(H,17,18). The van der Waals surface area contributed by atoms with Crippen molar-refractivity contribution in [3.63, 3.8) is 0 Å². The molecule has 0 spiro atoms. The summed E-state index contributed by atoms with van der Waals surface area (Å²) < 4.78 is 0. The molecule has 0 atom stereocenters. The van der Waals surface area contributed by atoms with Gasteiger partial charge < -0.3 is 10.0 Å². The van der Waals surface area contributed by atoms with Crippen LogP contribution in [0.15, 0.2) is 12.1 Å². The maximum atomic E-state index is 10.6. The smallest absolute Gasteiger partial charge is 0.303 e. The van der Waals surface area contributed by atoms with Crippen molar-refractivity contribution < 1.29 is 9.90 Å². The molecule has 0 amide bonds. The van der Waals surface area contributed by atoms with Crippen LogP contribution in [0.25, 0.3) is 0 Å². The number of carboxylic acid groups (broad SMARTS) is 1. The van der Waals surface area contributed by atoms with Crippen LogP contribution in [0.2, 0.25) is 0 Å². The molecule has 1 N–H and O–H groups in total. The van der Waals surface area contributed by atoms with E-state index in [0.29, 0.717) is 6.42 Å². The van der Waals surface area contributed by atoms with Crippen molar-refractivity contribution in [2.45, 2.75) is 40.5 Å². The number of rotatable bonds is 6. The normalized spacial score (nSPS) is 10.4. The van der Waals surface area contributed by atoms with Crippen LogP contribution in [0.5, 0.6) is 0 Å². The van der Waals surface area contributed by atoms with Gasteiger partial charge in [-0.05, 0) is 45.2 Å². The summed E-state index contributed by atoms with van der Waals surface area (Å²) in [5.41, 5.74) is 5.07. The van der Waals surface area contributed by atoms with Gasteiger partial charge in [0.2, 0.25) is 0 Å². The fourth-order valence-electron chi connectivity index (χ4n) is 2.52. The zero-order valence-electron chi connectivity index (χ0n) is 11.8. The average Bonchev–Trinajstić information content (AvgIpc) is 2.25. The minimum Gasteiger partial charge on any atom is -0.481 e. The number of nitrogens with zero attached hydrogens (tertiary/aromatic N) is 1. The predicted molar refractivity (Wildman–Crippen MR) is 75.4 cm³/mol. The second-order valence-electron chi connectivity index (χ2n) is 4.82. The molecule has 0 aromatic heterocycles. The highest BCUT2D eigenvalue weighted by Gasteiger charge is 2.11. The first kappa shape index (κ1) is 14.6. The molecule has 1 aromatic carbocycles. The van der Waals surface area contributed by atoms with E-state index < -0.39 is 5.97 Å². The van der Waals surface area contributed by atoms with E-state index in [1.807, 2.05) is 0 Å². The van der Waals surface area contributed by atoms with Crippen LogP contribution in [0.3, 0.4) is 0 Å². The summed E-state index contributed by atoms with van der Waals surface area (Å²) in [5.74, 6) is -0.719. The van der Waals surface area contributed by atoms with Gasteiger partial charge in [-0.1, -0.05) is 17.7 Å². The number of anilines is 1. The molecule has 0 fully saturated rings. The summed E-state index contributed by atoms with van der Waals surface area (Å²) >= 11 is 0. The number of aliphatic carboxylic acids is 1. The van der Waals surface area contributed by atoms with E-state index in [0.717, 1.165) is 13.1 Å². The number of carboxylic acids is 1. The van der Waals surface area contributed by atoms with Gasteiger partial charge in [0.25, 0.3) is 0 Å². The third kappa shape index (κ3) is 3.76. The molecule has 18 heavy (non-hydrogen) atoms. The van der Waals surface area contributed by atoms with Gasteiger partial charge >= 0.3 is 5.97 Å². The van der Waals surface area contributed by atoms with Crippen LogP contribution in [0.1, 0.15) is 36.5 Å². The van der Waals surface area contributed by atoms with Gasteiger partial charge in [-0.2, -0.15) is 0 Å². The summed E-state index contributed by atoms with van der Waals surface area (Å²) in [6.07, 6.45) is 0.927. The number of benzene rings is 1. The summed E-state index contributed by atoms with van der Waals surface area (Å²) in [4.78, 5) is 12.8. The highest BCUT2D eigenvalue weighted by molar-refractivity contribution is 5.67. The van der Waals surface area contributed by atoms with Crippen molar-refractivity contribution in [2.75, 3.05) is 18.0 Å². The molecule has 3 nitrogen and oxygen atoms in total. The quantitative estimate of drug-likeness (QED) is 0.841. The van der Waals surface area contributed by atoms with Gasteiger partial charge in [-0.3, -0.25) is 4.79 Å². The molecule has 3 heteroatoms. The van der Waals surface area contributed by atoms with E-state index in [-0.39, 0.29) is 6.42 Å². The van der Waals surface area contributed by atoms with Crippen LogP contribution in [0, 0.1) is 20.8 Å². The van der Waals surface area contributed by atoms with E-state index >= 15 is 0 Å². The molecular weight excluding hydrogens is 226 g/mol. The molecule has 1 aromatic rings. The van der Waals surface area contributed by atoms with Crippen LogP contribution in [-0.2, 0) is 4.79 Å². The molecular formula is C15H23NO2. The molecule has 0 radical (unpaired) electrons.